The molecule has 0 aromatic rings. The van der Waals surface area contributed by atoms with Gasteiger partial charge in [-0.1, -0.05) is 53.9 Å². The molecule has 53 heavy (non-hydrogen) atoms. The average molecular weight is 737 g/mol. The number of fused-ring (bicyclic) bond motifs is 3. The van der Waals surface area contributed by atoms with E-state index in [-0.39, 0.29) is 47.9 Å². The van der Waals surface area contributed by atoms with E-state index in [9.17, 15) is 24.3 Å². The van der Waals surface area contributed by atoms with E-state index in [1.54, 1.807) is 6.08 Å². The van der Waals surface area contributed by atoms with E-state index in [0.29, 0.717) is 57.8 Å². The van der Waals surface area contributed by atoms with Crippen molar-refractivity contribution in [2.24, 2.45) is 29.1 Å². The maximum absolute atomic E-state index is 15.0. The minimum absolute atomic E-state index is 0.000361. The zero-order valence-electron chi connectivity index (χ0n) is 33.8. The zero-order chi connectivity index (χ0) is 39.0. The molecule has 4 bridgehead atoms. The molecular formula is C44H64O9. The van der Waals surface area contributed by atoms with E-state index < -0.39 is 47.0 Å². The van der Waals surface area contributed by atoms with Crippen LogP contribution in [0.25, 0.3) is 0 Å². The van der Waals surface area contributed by atoms with Crippen molar-refractivity contribution < 1.29 is 43.2 Å². The number of esters is 3. The first kappa shape index (κ1) is 41.1. The molecule has 0 radical (unpaired) electrons. The number of allylic oxidation sites excluding steroid dienone is 7. The average Bonchev–Trinajstić information content (AvgIpc) is 3.56. The standard InChI is InChI=1S/C44H64O9/c1-25(2)39-36(50-30(7)45)22-27(4)13-11-12-26(3)20-32(47)24-44-34-21-28(5)14-15-38(51-31(8)46)43(10)19-17-37(53-43)42(9,49)18-16-33(34)29(6)23-35(44)40(39)52-41(44)48/h13,20-21,25,34-40,49H,11-12,14-19,22-24H2,1-10H3/b26-20-,27-13+,28-21+/t34-,35-,36-,37-,38+,39-,40-,42-,43+,44-/m0/s1. The number of hydrogen-bond acceptors (Lipinski definition) is 9. The summed E-state index contributed by atoms with van der Waals surface area (Å²) < 4.78 is 25.2. The van der Waals surface area contributed by atoms with E-state index in [2.05, 4.69) is 32.9 Å². The molecule has 0 aromatic carbocycles. The van der Waals surface area contributed by atoms with Crippen molar-refractivity contribution in [3.05, 3.63) is 46.1 Å². The number of rotatable bonds is 3. The highest BCUT2D eigenvalue weighted by atomic mass is 16.6. The molecule has 3 heterocycles. The summed E-state index contributed by atoms with van der Waals surface area (Å²) in [6, 6.07) is 0. The van der Waals surface area contributed by atoms with Crippen molar-refractivity contribution in [1.82, 2.24) is 0 Å². The summed E-state index contributed by atoms with van der Waals surface area (Å²) in [5.74, 6) is -2.37. The molecular weight excluding hydrogens is 672 g/mol. The number of carbonyl (C=O) groups excluding carboxylic acids is 4. The molecule has 0 aromatic heterocycles. The molecule has 5 aliphatic rings. The van der Waals surface area contributed by atoms with Crippen LogP contribution in [0.3, 0.4) is 0 Å². The smallest absolute Gasteiger partial charge is 0.314 e. The van der Waals surface area contributed by atoms with E-state index in [1.807, 2.05) is 34.6 Å². The van der Waals surface area contributed by atoms with Gasteiger partial charge in [-0.3, -0.25) is 19.2 Å². The van der Waals surface area contributed by atoms with Gasteiger partial charge in [-0.2, -0.15) is 0 Å². The number of ketones is 1. The van der Waals surface area contributed by atoms with E-state index >= 15 is 0 Å². The predicted octanol–water partition coefficient (Wildman–Crippen LogP) is 8.23. The lowest BCUT2D eigenvalue weighted by molar-refractivity contribution is -0.183. The highest BCUT2D eigenvalue weighted by Crippen LogP contribution is 2.61. The van der Waals surface area contributed by atoms with E-state index in [0.717, 1.165) is 34.3 Å². The van der Waals surface area contributed by atoms with Gasteiger partial charge in [0.25, 0.3) is 0 Å². The van der Waals surface area contributed by atoms with Gasteiger partial charge < -0.3 is 24.1 Å². The molecule has 0 amide bonds. The highest BCUT2D eigenvalue weighted by molar-refractivity contribution is 5.96. The van der Waals surface area contributed by atoms with Crippen molar-refractivity contribution in [1.29, 1.82) is 0 Å². The Morgan fingerprint density at radius 3 is 2.26 bits per heavy atom. The lowest BCUT2D eigenvalue weighted by atomic mass is 9.53. The van der Waals surface area contributed by atoms with Gasteiger partial charge in [0.2, 0.25) is 0 Å². The molecule has 0 saturated carbocycles. The molecule has 0 unspecified atom stereocenters. The van der Waals surface area contributed by atoms with Crippen LogP contribution in [0.1, 0.15) is 140 Å². The van der Waals surface area contributed by atoms with Gasteiger partial charge in [-0.05, 0) is 111 Å². The van der Waals surface area contributed by atoms with Crippen molar-refractivity contribution in [2.45, 2.75) is 175 Å². The Labute approximate surface area is 317 Å². The molecule has 9 nitrogen and oxygen atoms in total. The molecule has 5 rings (SSSR count). The highest BCUT2D eigenvalue weighted by Gasteiger charge is 2.66. The summed E-state index contributed by atoms with van der Waals surface area (Å²) in [4.78, 5) is 54.2. The molecule has 0 spiro atoms. The summed E-state index contributed by atoms with van der Waals surface area (Å²) in [5, 5.41) is 12.0. The maximum atomic E-state index is 15.0. The molecule has 2 fully saturated rings. The van der Waals surface area contributed by atoms with Crippen LogP contribution in [0, 0.1) is 29.1 Å². The van der Waals surface area contributed by atoms with E-state index in [1.165, 1.54) is 13.8 Å². The minimum atomic E-state index is -1.21. The quantitative estimate of drug-likeness (QED) is 0.173. The normalized spacial score (nSPS) is 41.7. The first-order chi connectivity index (χ1) is 24.8. The summed E-state index contributed by atoms with van der Waals surface area (Å²) in [6.07, 6.45) is 9.77. The molecule has 9 heteroatoms. The fourth-order valence-corrected chi connectivity index (χ4v) is 10.4. The second-order valence-corrected chi connectivity index (χ2v) is 17.9. The predicted molar refractivity (Wildman–Crippen MR) is 202 cm³/mol. The Kier molecular flexibility index (Phi) is 12.4. The first-order valence-electron chi connectivity index (χ1n) is 19.9. The number of aliphatic hydroxyl groups is 1. The van der Waals surface area contributed by atoms with Crippen molar-refractivity contribution >= 4 is 23.7 Å². The molecule has 1 N–H and O–H groups in total. The fraction of sp³-hybridized carbons (Fsp3) is 0.727. The second-order valence-electron chi connectivity index (χ2n) is 17.9. The Morgan fingerprint density at radius 2 is 1.60 bits per heavy atom. The van der Waals surface area contributed by atoms with E-state index in [4.69, 9.17) is 18.9 Å². The Balaban J connectivity index is 1.70. The fourth-order valence-electron chi connectivity index (χ4n) is 10.4. The van der Waals surface area contributed by atoms with Crippen LogP contribution in [0.15, 0.2) is 46.1 Å². The van der Waals surface area contributed by atoms with Gasteiger partial charge in [0.1, 0.15) is 23.9 Å². The summed E-state index contributed by atoms with van der Waals surface area (Å²) in [5.41, 5.74) is 2.10. The third-order valence-electron chi connectivity index (χ3n) is 13.2. The van der Waals surface area contributed by atoms with Gasteiger partial charge >= 0.3 is 17.9 Å². The molecule has 294 valence electrons. The molecule has 10 atom stereocenters. The SMILES string of the molecule is CC(=O)O[C@H]1C/C(C)=C/CC/C(C)=C\C(=O)C[C@@]23C(=O)O[C@H]([C@H]1C(C)C)[C@@H]2CC(C)=C1CC[C@](C)(O)[C@@H]2CC[C@@](C)(O2)[C@H](OC(C)=O)CC/C(C)=C/[C@@H]13. The molecule has 2 saturated heterocycles. The van der Waals surface area contributed by atoms with Crippen molar-refractivity contribution in [3.63, 3.8) is 0 Å². The number of hydrogen-bond donors (Lipinski definition) is 1. The van der Waals surface area contributed by atoms with Crippen LogP contribution in [0.5, 0.6) is 0 Å². The van der Waals surface area contributed by atoms with Crippen LogP contribution >= 0.6 is 0 Å². The molecule has 3 aliphatic heterocycles. The zero-order valence-corrected chi connectivity index (χ0v) is 33.8. The topological polar surface area (TPSA) is 125 Å². The van der Waals surface area contributed by atoms with Gasteiger partial charge in [0.15, 0.2) is 5.78 Å². The first-order valence-corrected chi connectivity index (χ1v) is 19.9. The van der Waals surface area contributed by atoms with Crippen LogP contribution in [-0.4, -0.2) is 64.4 Å². The molecule has 2 aliphatic carbocycles. The lowest BCUT2D eigenvalue weighted by Crippen LogP contribution is -2.49. The lowest BCUT2D eigenvalue weighted by Gasteiger charge is -2.46. The number of ether oxygens (including phenoxy) is 4. The van der Waals surface area contributed by atoms with Gasteiger partial charge in [0.05, 0.1) is 17.1 Å². The Morgan fingerprint density at radius 1 is 0.906 bits per heavy atom. The summed E-state index contributed by atoms with van der Waals surface area (Å²) >= 11 is 0. The summed E-state index contributed by atoms with van der Waals surface area (Å²) in [6.45, 7) is 19.0. The van der Waals surface area contributed by atoms with Gasteiger partial charge in [-0.15, -0.1) is 0 Å². The Bertz CT molecular complexity index is 1580. The van der Waals surface area contributed by atoms with Gasteiger partial charge in [-0.25, -0.2) is 0 Å². The number of carbonyl (C=O) groups is 4. The Hall–Kier alpha value is -3.04. The van der Waals surface area contributed by atoms with Crippen LogP contribution < -0.4 is 0 Å². The third kappa shape index (κ3) is 8.61. The summed E-state index contributed by atoms with van der Waals surface area (Å²) in [7, 11) is 0. The third-order valence-corrected chi connectivity index (χ3v) is 13.2. The van der Waals surface area contributed by atoms with Crippen molar-refractivity contribution in [2.75, 3.05) is 0 Å². The van der Waals surface area contributed by atoms with Crippen LogP contribution in [0.2, 0.25) is 0 Å². The van der Waals surface area contributed by atoms with Crippen LogP contribution in [-0.2, 0) is 38.1 Å². The largest absolute Gasteiger partial charge is 0.462 e. The minimum Gasteiger partial charge on any atom is -0.462 e. The second kappa shape index (κ2) is 16.0. The van der Waals surface area contributed by atoms with Gasteiger partial charge in [0, 0.05) is 44.4 Å². The van der Waals surface area contributed by atoms with Crippen LogP contribution in [0.4, 0.5) is 0 Å². The monoisotopic (exact) mass is 736 g/mol. The maximum Gasteiger partial charge on any atom is 0.314 e. The van der Waals surface area contributed by atoms with Crippen molar-refractivity contribution in [3.8, 4) is 0 Å².